The zero-order valence-electron chi connectivity index (χ0n) is 25.7. The Morgan fingerprint density at radius 1 is 0.978 bits per heavy atom. The molecular formula is C33H30BrClN4O7. The summed E-state index contributed by atoms with van der Waals surface area (Å²) in [5.41, 5.74) is 1.53. The third kappa shape index (κ3) is 4.55. The summed E-state index contributed by atoms with van der Waals surface area (Å²) >= 11 is 9.69. The number of likely N-dealkylation sites (N-methyl/N-ethyl adjacent to an activating group) is 1. The normalized spacial score (nSPS) is 28.2. The predicted molar refractivity (Wildman–Crippen MR) is 168 cm³/mol. The second kappa shape index (κ2) is 11.7. The van der Waals surface area contributed by atoms with Gasteiger partial charge in [-0.3, -0.25) is 33.8 Å². The molecule has 0 aromatic heterocycles. The van der Waals surface area contributed by atoms with Crippen molar-refractivity contribution in [3.63, 3.8) is 0 Å². The average Bonchev–Trinajstić information content (AvgIpc) is 3.03. The van der Waals surface area contributed by atoms with Crippen molar-refractivity contribution in [1.29, 1.82) is 5.26 Å². The Hall–Kier alpha value is -3.89. The molecular weight excluding hydrogens is 680 g/mol. The maximum atomic E-state index is 14.0. The summed E-state index contributed by atoms with van der Waals surface area (Å²) in [5, 5.41) is 13.8. The molecule has 2 bridgehead atoms. The van der Waals surface area contributed by atoms with Gasteiger partial charge in [0.15, 0.2) is 23.1 Å². The molecule has 3 heterocycles. The minimum Gasteiger partial charge on any atom is -0.492 e. The van der Waals surface area contributed by atoms with E-state index >= 15 is 0 Å². The fourth-order valence-electron chi connectivity index (χ4n) is 7.77. The number of methoxy groups -OCH3 is 2. The van der Waals surface area contributed by atoms with E-state index in [4.69, 9.17) is 21.1 Å². The van der Waals surface area contributed by atoms with E-state index in [-0.39, 0.29) is 80.9 Å². The fourth-order valence-corrected chi connectivity index (χ4v) is 8.34. The Kier molecular flexibility index (Phi) is 8.17. The number of nitrogens with one attached hydrogen (secondary N) is 1. The highest BCUT2D eigenvalue weighted by Gasteiger charge is 2.59. The molecule has 2 aliphatic carbocycles. The van der Waals surface area contributed by atoms with Crippen molar-refractivity contribution in [3.05, 3.63) is 78.2 Å². The molecule has 6 rings (SSSR count). The van der Waals surface area contributed by atoms with Gasteiger partial charge in [-0.25, -0.2) is 0 Å². The smallest absolute Gasteiger partial charge is 0.252 e. The Morgan fingerprint density at radius 3 is 2.13 bits per heavy atom. The molecule has 238 valence electrons. The first kappa shape index (κ1) is 32.1. The van der Waals surface area contributed by atoms with Gasteiger partial charge in [0, 0.05) is 56.5 Å². The first-order valence-corrected chi connectivity index (χ1v) is 15.8. The molecule has 1 aromatic rings. The van der Waals surface area contributed by atoms with E-state index in [1.165, 1.54) is 21.1 Å². The van der Waals surface area contributed by atoms with Crippen LogP contribution in [0.2, 0.25) is 5.02 Å². The molecule has 0 unspecified atom stereocenters. The quantitative estimate of drug-likeness (QED) is 0.453. The molecule has 11 nitrogen and oxygen atoms in total. The summed E-state index contributed by atoms with van der Waals surface area (Å²) in [4.78, 5) is 72.6. The number of piperazine rings is 1. The first-order chi connectivity index (χ1) is 21.9. The van der Waals surface area contributed by atoms with Gasteiger partial charge < -0.3 is 14.8 Å². The van der Waals surface area contributed by atoms with Gasteiger partial charge in [-0.05, 0) is 51.9 Å². The molecule has 46 heavy (non-hydrogen) atoms. The van der Waals surface area contributed by atoms with Gasteiger partial charge in [0.1, 0.15) is 6.04 Å². The molecule has 5 atom stereocenters. The number of ketones is 4. The standard InChI is InChI=1S/C33H30BrClN4O7/c1-13-27(40)17-10-21-26-25-18(28(41)14(2)32(46-5)30(25)43)9-20(38(26)3)22(11-36)39(21)23(24(17)29(42)31(13)45-4)12-37-33(44)16-8-15(34)6-7-19(16)35/h6-8,20-23,26H,9-10,12H2,1-5H3,(H,37,44)/t20-,21-,22-,23-,26-/m0/s1. The van der Waals surface area contributed by atoms with Crippen molar-refractivity contribution in [2.24, 2.45) is 0 Å². The minimum atomic E-state index is -0.947. The van der Waals surface area contributed by atoms with E-state index in [9.17, 15) is 29.2 Å². The van der Waals surface area contributed by atoms with Crippen LogP contribution in [0.3, 0.4) is 0 Å². The number of hydrogen-bond donors (Lipinski definition) is 1. The molecule has 1 N–H and O–H groups in total. The molecule has 5 aliphatic rings. The Balaban J connectivity index is 1.50. The Labute approximate surface area is 278 Å². The fraction of sp³-hybridized carbons (Fsp3) is 0.394. The number of benzene rings is 1. The van der Waals surface area contributed by atoms with Crippen LogP contribution in [0.15, 0.2) is 67.6 Å². The summed E-state index contributed by atoms with van der Waals surface area (Å²) in [7, 11) is 4.45. The second-order valence-corrected chi connectivity index (χ2v) is 13.3. The minimum absolute atomic E-state index is 0.0271. The predicted octanol–water partition coefficient (Wildman–Crippen LogP) is 2.99. The highest BCUT2D eigenvalue weighted by Crippen LogP contribution is 2.49. The monoisotopic (exact) mass is 708 g/mol. The number of fused-ring (bicyclic) bond motifs is 5. The third-order valence-corrected chi connectivity index (χ3v) is 10.7. The number of rotatable bonds is 5. The maximum absolute atomic E-state index is 14.0. The number of carbonyl (C=O) groups excluding carboxylic acids is 5. The molecule has 13 heteroatoms. The zero-order valence-corrected chi connectivity index (χ0v) is 28.0. The summed E-state index contributed by atoms with van der Waals surface area (Å²) in [6.07, 6.45) is 0.149. The van der Waals surface area contributed by atoms with Gasteiger partial charge >= 0.3 is 0 Å². The van der Waals surface area contributed by atoms with Gasteiger partial charge in [-0.1, -0.05) is 27.5 Å². The second-order valence-electron chi connectivity index (χ2n) is 11.9. The van der Waals surface area contributed by atoms with Crippen molar-refractivity contribution in [2.45, 2.75) is 56.9 Å². The summed E-state index contributed by atoms with van der Waals surface area (Å²) in [6, 6.07) is 3.47. The van der Waals surface area contributed by atoms with E-state index < -0.39 is 47.7 Å². The van der Waals surface area contributed by atoms with E-state index in [0.717, 1.165) is 0 Å². The Bertz CT molecular complexity index is 1840. The molecule has 0 spiro atoms. The van der Waals surface area contributed by atoms with E-state index in [1.54, 1.807) is 32.2 Å². The van der Waals surface area contributed by atoms with Crippen LogP contribution in [0.25, 0.3) is 0 Å². The number of nitrogens with zero attached hydrogens (tertiary/aromatic N) is 3. The van der Waals surface area contributed by atoms with Gasteiger partial charge in [-0.15, -0.1) is 0 Å². The van der Waals surface area contributed by atoms with Crippen LogP contribution in [0.4, 0.5) is 0 Å². The lowest BCUT2D eigenvalue weighted by atomic mass is 9.67. The van der Waals surface area contributed by atoms with E-state index in [2.05, 4.69) is 27.3 Å². The molecule has 1 saturated heterocycles. The van der Waals surface area contributed by atoms with Gasteiger partial charge in [0.05, 0.1) is 43.0 Å². The number of carbonyl (C=O) groups is 5. The zero-order chi connectivity index (χ0) is 33.4. The number of nitriles is 1. The highest BCUT2D eigenvalue weighted by atomic mass is 79.9. The van der Waals surface area contributed by atoms with Crippen LogP contribution in [0.1, 0.15) is 37.0 Å². The third-order valence-electron chi connectivity index (χ3n) is 9.84. The van der Waals surface area contributed by atoms with Crippen molar-refractivity contribution in [2.75, 3.05) is 27.8 Å². The molecule has 0 saturated carbocycles. The Morgan fingerprint density at radius 2 is 1.54 bits per heavy atom. The lowest BCUT2D eigenvalue weighted by Crippen LogP contribution is -2.74. The van der Waals surface area contributed by atoms with Crippen LogP contribution in [0.5, 0.6) is 0 Å². The number of hydrogen-bond acceptors (Lipinski definition) is 10. The number of halogens is 2. The molecule has 1 fully saturated rings. The molecule has 3 aliphatic heterocycles. The van der Waals surface area contributed by atoms with Gasteiger partial charge in [0.25, 0.3) is 5.91 Å². The largest absolute Gasteiger partial charge is 0.492 e. The average molecular weight is 710 g/mol. The first-order valence-electron chi connectivity index (χ1n) is 14.6. The number of Topliss-reactive ketones (excluding diaryl/α,β-unsaturated/α-hetero) is 4. The lowest BCUT2D eigenvalue weighted by Gasteiger charge is -2.60. The topological polar surface area (TPSA) is 146 Å². The van der Waals surface area contributed by atoms with Crippen molar-refractivity contribution >= 4 is 56.6 Å². The van der Waals surface area contributed by atoms with Gasteiger partial charge in [-0.2, -0.15) is 5.26 Å². The van der Waals surface area contributed by atoms with Crippen molar-refractivity contribution in [3.8, 4) is 6.07 Å². The maximum Gasteiger partial charge on any atom is 0.252 e. The molecule has 1 amide bonds. The van der Waals surface area contributed by atoms with Crippen molar-refractivity contribution in [1.82, 2.24) is 15.1 Å². The number of ether oxygens (including phenoxy) is 2. The SMILES string of the molecule is COC1=C(C)C(=O)C2=C(C1=O)[C@@H]1[C@@H]3CC4=C(C(=O)C(OC)=C(C)C4=O)[C@H](CNC(=O)c4cc(Br)ccc4Cl)N3[C@@H](C#N)[C@H](C2)N1C. The highest BCUT2D eigenvalue weighted by molar-refractivity contribution is 9.10. The summed E-state index contributed by atoms with van der Waals surface area (Å²) in [5.74, 6) is -2.27. The summed E-state index contributed by atoms with van der Waals surface area (Å²) in [6.45, 7) is 2.91. The van der Waals surface area contributed by atoms with E-state index in [0.29, 0.717) is 10.0 Å². The van der Waals surface area contributed by atoms with Crippen LogP contribution in [-0.2, 0) is 28.7 Å². The van der Waals surface area contributed by atoms with Crippen LogP contribution >= 0.6 is 27.5 Å². The van der Waals surface area contributed by atoms with Gasteiger partial charge in [0.2, 0.25) is 11.6 Å². The van der Waals surface area contributed by atoms with Crippen LogP contribution in [0, 0.1) is 11.3 Å². The number of amides is 1. The van der Waals surface area contributed by atoms with Crippen molar-refractivity contribution < 1.29 is 33.4 Å². The van der Waals surface area contributed by atoms with Crippen LogP contribution < -0.4 is 5.32 Å². The van der Waals surface area contributed by atoms with Crippen LogP contribution in [-0.4, -0.2) is 96.9 Å². The molecule has 0 radical (unpaired) electrons. The van der Waals surface area contributed by atoms with E-state index in [1.807, 2.05) is 9.80 Å². The summed E-state index contributed by atoms with van der Waals surface area (Å²) < 4.78 is 11.4. The lowest BCUT2D eigenvalue weighted by molar-refractivity contribution is -0.125. The number of allylic oxidation sites excluding steroid dienone is 4. The molecule has 1 aromatic carbocycles.